The van der Waals surface area contributed by atoms with E-state index in [0.29, 0.717) is 11.8 Å². The minimum atomic E-state index is 0.0751. The van der Waals surface area contributed by atoms with Crippen molar-refractivity contribution >= 4 is 40.3 Å². The van der Waals surface area contributed by atoms with Gasteiger partial charge in [-0.3, -0.25) is 9.59 Å². The fourth-order valence-corrected chi connectivity index (χ4v) is 6.43. The van der Waals surface area contributed by atoms with E-state index < -0.39 is 0 Å². The summed E-state index contributed by atoms with van der Waals surface area (Å²) in [5, 5.41) is 0.723. The molecule has 6 nitrogen and oxygen atoms in total. The molecule has 0 radical (unpaired) electrons. The van der Waals surface area contributed by atoms with E-state index in [1.807, 2.05) is 56.8 Å². The normalized spacial score (nSPS) is 22.3. The summed E-state index contributed by atoms with van der Waals surface area (Å²) in [5.74, 6) is 1.52. The number of aromatic nitrogens is 2. The minimum absolute atomic E-state index is 0.0751. The maximum Gasteiger partial charge on any atom is 0.242 e. The molecule has 1 aromatic heterocycles. The highest BCUT2D eigenvalue weighted by Gasteiger charge is 2.31. The summed E-state index contributed by atoms with van der Waals surface area (Å²) in [6, 6.07) is 16.2. The maximum absolute atomic E-state index is 13.3. The van der Waals surface area contributed by atoms with Crippen molar-refractivity contribution in [3.8, 4) is 0 Å². The Labute approximate surface area is 205 Å². The Hall–Kier alpha value is -2.80. The molecule has 5 rings (SSSR count). The third-order valence-electron chi connectivity index (χ3n) is 6.94. The molecule has 0 saturated carbocycles. The number of nitrogens with zero attached hydrogens (tertiary/aromatic N) is 4. The van der Waals surface area contributed by atoms with E-state index in [1.165, 1.54) is 23.7 Å². The average molecular weight is 477 g/mol. The number of rotatable bonds is 5. The predicted octanol–water partition coefficient (Wildman–Crippen LogP) is 4.61. The SMILES string of the molecule is C[C@@H]1C[C@@H](C)CN(C(=O)Cn2c(SCC(=O)N3c4ccccc4C[C@@H]3C)nc3ccccc32)C1. The number of likely N-dealkylation sites (tertiary alicyclic amines) is 1. The van der Waals surface area contributed by atoms with Crippen molar-refractivity contribution in [2.24, 2.45) is 11.8 Å². The molecule has 0 N–H and O–H groups in total. The molecule has 0 bridgehead atoms. The van der Waals surface area contributed by atoms with Gasteiger partial charge in [0, 0.05) is 24.8 Å². The molecule has 34 heavy (non-hydrogen) atoms. The number of carbonyl (C=O) groups excluding carboxylic acids is 2. The third-order valence-corrected chi connectivity index (χ3v) is 7.90. The van der Waals surface area contributed by atoms with E-state index in [1.54, 1.807) is 0 Å². The molecule has 7 heteroatoms. The number of anilines is 1. The number of piperidine rings is 1. The Morgan fingerprint density at radius 1 is 0.971 bits per heavy atom. The van der Waals surface area contributed by atoms with Gasteiger partial charge in [0.05, 0.1) is 16.8 Å². The number of imidazole rings is 1. The van der Waals surface area contributed by atoms with Gasteiger partial charge in [-0.1, -0.05) is 55.9 Å². The lowest BCUT2D eigenvalue weighted by Gasteiger charge is -2.35. The van der Waals surface area contributed by atoms with Gasteiger partial charge in [-0.2, -0.15) is 0 Å². The number of amides is 2. The van der Waals surface area contributed by atoms with Gasteiger partial charge in [0.15, 0.2) is 5.16 Å². The van der Waals surface area contributed by atoms with Crippen LogP contribution in [0.4, 0.5) is 5.69 Å². The van der Waals surface area contributed by atoms with Crippen LogP contribution < -0.4 is 4.90 Å². The molecule has 178 valence electrons. The highest BCUT2D eigenvalue weighted by atomic mass is 32.2. The van der Waals surface area contributed by atoms with E-state index in [2.05, 4.69) is 26.8 Å². The summed E-state index contributed by atoms with van der Waals surface area (Å²) in [4.78, 5) is 35.2. The van der Waals surface area contributed by atoms with Gasteiger partial charge in [0.2, 0.25) is 11.8 Å². The second kappa shape index (κ2) is 9.45. The van der Waals surface area contributed by atoms with Gasteiger partial charge >= 0.3 is 0 Å². The monoisotopic (exact) mass is 476 g/mol. The highest BCUT2D eigenvalue weighted by Crippen LogP contribution is 2.33. The summed E-state index contributed by atoms with van der Waals surface area (Å²) in [6.45, 7) is 8.39. The zero-order valence-electron chi connectivity index (χ0n) is 20.1. The summed E-state index contributed by atoms with van der Waals surface area (Å²) >= 11 is 1.42. The van der Waals surface area contributed by atoms with Gasteiger partial charge in [0.25, 0.3) is 0 Å². The lowest BCUT2D eigenvalue weighted by Crippen LogP contribution is -2.44. The van der Waals surface area contributed by atoms with E-state index in [0.717, 1.165) is 41.4 Å². The van der Waals surface area contributed by atoms with Crippen molar-refractivity contribution in [2.45, 2.75) is 51.4 Å². The molecular formula is C27H32N4O2S. The molecule has 2 aromatic carbocycles. The quantitative estimate of drug-likeness (QED) is 0.505. The lowest BCUT2D eigenvalue weighted by molar-refractivity contribution is -0.134. The summed E-state index contributed by atoms with van der Waals surface area (Å²) < 4.78 is 1.99. The van der Waals surface area contributed by atoms with E-state index in [-0.39, 0.29) is 30.2 Å². The standard InChI is InChI=1S/C27H32N4O2S/c1-18-12-19(2)15-29(14-18)25(32)16-30-24-11-7-5-9-22(24)28-27(30)34-17-26(33)31-20(3)13-21-8-4-6-10-23(21)31/h4-11,18-20H,12-17H2,1-3H3/t18-,19-,20+/m1/s1. The first kappa shape index (κ1) is 23.0. The molecule has 2 amide bonds. The number of carbonyl (C=O) groups is 2. The largest absolute Gasteiger partial charge is 0.341 e. The lowest BCUT2D eigenvalue weighted by atomic mass is 9.92. The Balaban J connectivity index is 1.35. The Kier molecular flexibility index (Phi) is 6.38. The van der Waals surface area contributed by atoms with Crippen LogP contribution in [0.1, 0.15) is 32.8 Å². The molecule has 3 aromatic rings. The summed E-state index contributed by atoms with van der Waals surface area (Å²) in [6.07, 6.45) is 2.05. The van der Waals surface area contributed by atoms with Crippen LogP contribution in [0.15, 0.2) is 53.7 Å². The molecule has 1 saturated heterocycles. The van der Waals surface area contributed by atoms with Gasteiger partial charge in [0.1, 0.15) is 6.54 Å². The Morgan fingerprint density at radius 2 is 1.68 bits per heavy atom. The van der Waals surface area contributed by atoms with Crippen molar-refractivity contribution in [1.82, 2.24) is 14.5 Å². The van der Waals surface area contributed by atoms with Gasteiger partial charge in [-0.15, -0.1) is 0 Å². The van der Waals surface area contributed by atoms with Crippen LogP contribution in [-0.2, 0) is 22.6 Å². The summed E-state index contributed by atoms with van der Waals surface area (Å²) in [7, 11) is 0. The first-order chi connectivity index (χ1) is 16.4. The highest BCUT2D eigenvalue weighted by molar-refractivity contribution is 7.99. The molecular weight excluding hydrogens is 444 g/mol. The molecule has 2 aliphatic rings. The maximum atomic E-state index is 13.3. The fraction of sp³-hybridized carbons (Fsp3) is 0.444. The fourth-order valence-electron chi connectivity index (χ4n) is 5.56. The van der Waals surface area contributed by atoms with Crippen LogP contribution in [-0.4, -0.2) is 51.1 Å². The van der Waals surface area contributed by atoms with Crippen molar-refractivity contribution in [1.29, 1.82) is 0 Å². The third kappa shape index (κ3) is 4.45. The van der Waals surface area contributed by atoms with Crippen molar-refractivity contribution in [3.63, 3.8) is 0 Å². The molecule has 0 unspecified atom stereocenters. The second-order valence-electron chi connectivity index (χ2n) is 9.95. The molecule has 1 fully saturated rings. The van der Waals surface area contributed by atoms with Gasteiger partial charge in [-0.05, 0) is 55.4 Å². The summed E-state index contributed by atoms with van der Waals surface area (Å²) in [5.41, 5.74) is 4.02. The predicted molar refractivity (Wildman–Crippen MR) is 137 cm³/mol. The first-order valence-electron chi connectivity index (χ1n) is 12.2. The molecule has 3 atom stereocenters. The molecule has 0 spiro atoms. The number of para-hydroxylation sites is 3. The molecule has 3 heterocycles. The van der Waals surface area contributed by atoms with Gasteiger partial charge in [-0.25, -0.2) is 4.98 Å². The smallest absolute Gasteiger partial charge is 0.242 e. The Morgan fingerprint density at radius 3 is 2.47 bits per heavy atom. The number of hydrogen-bond donors (Lipinski definition) is 0. The zero-order chi connectivity index (χ0) is 23.8. The van der Waals surface area contributed by atoms with Crippen LogP contribution in [0.25, 0.3) is 11.0 Å². The molecule has 2 aliphatic heterocycles. The average Bonchev–Trinajstić information content (AvgIpc) is 3.33. The van der Waals surface area contributed by atoms with Crippen LogP contribution in [0.3, 0.4) is 0 Å². The van der Waals surface area contributed by atoms with Crippen molar-refractivity contribution < 1.29 is 9.59 Å². The van der Waals surface area contributed by atoms with Crippen LogP contribution in [0.2, 0.25) is 0 Å². The van der Waals surface area contributed by atoms with E-state index in [9.17, 15) is 9.59 Å². The zero-order valence-corrected chi connectivity index (χ0v) is 20.9. The number of benzene rings is 2. The molecule has 0 aliphatic carbocycles. The topological polar surface area (TPSA) is 58.4 Å². The number of fused-ring (bicyclic) bond motifs is 2. The van der Waals surface area contributed by atoms with Crippen molar-refractivity contribution in [2.75, 3.05) is 23.7 Å². The Bertz CT molecular complexity index is 1210. The number of thioether (sulfide) groups is 1. The number of hydrogen-bond acceptors (Lipinski definition) is 4. The minimum Gasteiger partial charge on any atom is -0.341 e. The van der Waals surface area contributed by atoms with E-state index >= 15 is 0 Å². The van der Waals surface area contributed by atoms with E-state index in [4.69, 9.17) is 4.98 Å². The van der Waals surface area contributed by atoms with Crippen molar-refractivity contribution in [3.05, 3.63) is 54.1 Å². The van der Waals surface area contributed by atoms with Crippen LogP contribution in [0, 0.1) is 11.8 Å². The van der Waals surface area contributed by atoms with Gasteiger partial charge < -0.3 is 14.4 Å². The van der Waals surface area contributed by atoms with Crippen LogP contribution in [0.5, 0.6) is 0 Å². The second-order valence-corrected chi connectivity index (χ2v) is 10.9. The van der Waals surface area contributed by atoms with Crippen LogP contribution >= 0.6 is 11.8 Å². The first-order valence-corrected chi connectivity index (χ1v) is 13.1.